The molecular weight excluding hydrogens is 320 g/mol. The van der Waals surface area contributed by atoms with Crippen LogP contribution in [0.4, 0.5) is 10.5 Å². The molecule has 3 N–H and O–H groups in total. The van der Waals surface area contributed by atoms with E-state index in [1.165, 1.54) is 0 Å². The second kappa shape index (κ2) is 9.15. The van der Waals surface area contributed by atoms with E-state index in [0.717, 1.165) is 5.69 Å². The molecule has 0 spiro atoms. The van der Waals surface area contributed by atoms with Crippen molar-refractivity contribution in [3.63, 3.8) is 0 Å². The van der Waals surface area contributed by atoms with Gasteiger partial charge in [0.15, 0.2) is 5.96 Å². The Morgan fingerprint density at radius 2 is 2.00 bits per heavy atom. The smallest absolute Gasteiger partial charge is 0.410 e. The zero-order valence-electron chi connectivity index (χ0n) is 16.0. The van der Waals surface area contributed by atoms with Gasteiger partial charge in [-0.05, 0) is 38.8 Å². The van der Waals surface area contributed by atoms with E-state index in [4.69, 9.17) is 15.2 Å². The van der Waals surface area contributed by atoms with E-state index in [2.05, 4.69) is 10.3 Å². The molecule has 140 valence electrons. The molecule has 0 saturated carbocycles. The van der Waals surface area contributed by atoms with Gasteiger partial charge in [0.1, 0.15) is 11.4 Å². The van der Waals surface area contributed by atoms with Crippen LogP contribution >= 0.6 is 0 Å². The van der Waals surface area contributed by atoms with Crippen molar-refractivity contribution in [3.05, 3.63) is 24.3 Å². The molecule has 0 aliphatic heterocycles. The Balaban J connectivity index is 2.52. The third-order valence-corrected chi connectivity index (χ3v) is 3.23. The fraction of sp³-hybridized carbons (Fsp3) is 0.556. The average Bonchev–Trinajstić information content (AvgIpc) is 2.51. The van der Waals surface area contributed by atoms with Gasteiger partial charge in [0.05, 0.1) is 12.8 Å². The molecule has 1 unspecified atom stereocenters. The molecular formula is C18H30N4O3. The Bertz CT molecular complexity index is 596. The Hall–Kier alpha value is -2.44. The van der Waals surface area contributed by atoms with Crippen LogP contribution in [0.25, 0.3) is 0 Å². The molecule has 0 fully saturated rings. The first-order chi connectivity index (χ1) is 11.6. The monoisotopic (exact) mass is 350 g/mol. The van der Waals surface area contributed by atoms with E-state index < -0.39 is 5.60 Å². The second-order valence-electron chi connectivity index (χ2n) is 7.02. The lowest BCUT2D eigenvalue weighted by Gasteiger charge is -2.26. The average molecular weight is 350 g/mol. The van der Waals surface area contributed by atoms with Crippen molar-refractivity contribution in [2.45, 2.75) is 33.3 Å². The van der Waals surface area contributed by atoms with Gasteiger partial charge in [-0.1, -0.05) is 19.1 Å². The number of anilines is 1. The van der Waals surface area contributed by atoms with E-state index in [-0.39, 0.29) is 12.0 Å². The third kappa shape index (κ3) is 7.78. The highest BCUT2D eigenvalue weighted by atomic mass is 16.6. The van der Waals surface area contributed by atoms with Crippen molar-refractivity contribution in [2.75, 3.05) is 32.6 Å². The molecule has 0 aromatic heterocycles. The fourth-order valence-corrected chi connectivity index (χ4v) is 2.12. The maximum Gasteiger partial charge on any atom is 0.410 e. The number of aliphatic imine (C=N–C) groups is 1. The summed E-state index contributed by atoms with van der Waals surface area (Å²) in [7, 11) is 3.31. The highest BCUT2D eigenvalue weighted by Crippen LogP contribution is 2.22. The van der Waals surface area contributed by atoms with Crippen molar-refractivity contribution < 1.29 is 14.3 Å². The molecule has 1 aromatic rings. The molecule has 0 aliphatic rings. The molecule has 0 heterocycles. The minimum absolute atomic E-state index is 0.135. The standard InChI is InChI=1S/C18H30N4O3/c1-13(12-22(5)17(23)25-18(2,3)4)11-20-16(19)21-14-9-7-8-10-15(14)24-6/h7-10,13H,11-12H2,1-6H3,(H3,19,20,21). The SMILES string of the molecule is COc1ccccc1NC(N)=NCC(C)CN(C)C(=O)OC(C)(C)C. The molecule has 0 aliphatic carbocycles. The quantitative estimate of drug-likeness (QED) is 0.608. The van der Waals surface area contributed by atoms with Gasteiger partial charge in [-0.15, -0.1) is 0 Å². The number of nitrogens with zero attached hydrogens (tertiary/aromatic N) is 2. The van der Waals surface area contributed by atoms with Crippen molar-refractivity contribution in [1.29, 1.82) is 0 Å². The minimum Gasteiger partial charge on any atom is -0.495 e. The predicted molar refractivity (Wildman–Crippen MR) is 101 cm³/mol. The molecule has 0 bridgehead atoms. The van der Waals surface area contributed by atoms with Gasteiger partial charge in [0.25, 0.3) is 0 Å². The lowest BCUT2D eigenvalue weighted by molar-refractivity contribution is 0.0279. The number of carbonyl (C=O) groups excluding carboxylic acids is 1. The van der Waals surface area contributed by atoms with Crippen molar-refractivity contribution in [2.24, 2.45) is 16.6 Å². The first-order valence-corrected chi connectivity index (χ1v) is 8.26. The van der Waals surface area contributed by atoms with Gasteiger partial charge >= 0.3 is 6.09 Å². The summed E-state index contributed by atoms with van der Waals surface area (Å²) in [6, 6.07) is 7.47. The summed E-state index contributed by atoms with van der Waals surface area (Å²) >= 11 is 0. The Morgan fingerprint density at radius 1 is 1.36 bits per heavy atom. The number of nitrogens with one attached hydrogen (secondary N) is 1. The number of benzene rings is 1. The predicted octanol–water partition coefficient (Wildman–Crippen LogP) is 2.92. The summed E-state index contributed by atoms with van der Waals surface area (Å²) in [6.45, 7) is 8.55. The summed E-state index contributed by atoms with van der Waals surface area (Å²) in [6.07, 6.45) is -0.344. The topological polar surface area (TPSA) is 89.2 Å². The number of ether oxygens (including phenoxy) is 2. The first kappa shape index (κ1) is 20.6. The number of hydrogen-bond donors (Lipinski definition) is 2. The van der Waals surface area contributed by atoms with Crippen molar-refractivity contribution >= 4 is 17.7 Å². The minimum atomic E-state index is -0.504. The lowest BCUT2D eigenvalue weighted by Crippen LogP contribution is -2.37. The van der Waals surface area contributed by atoms with Gasteiger partial charge in [0.2, 0.25) is 0 Å². The van der Waals surface area contributed by atoms with Crippen LogP contribution in [0, 0.1) is 5.92 Å². The molecule has 0 saturated heterocycles. The van der Waals surface area contributed by atoms with E-state index in [1.54, 1.807) is 19.1 Å². The van der Waals surface area contributed by atoms with Crippen LogP contribution in [0.1, 0.15) is 27.7 Å². The molecule has 1 atom stereocenters. The van der Waals surface area contributed by atoms with Gasteiger partial charge in [-0.25, -0.2) is 4.79 Å². The van der Waals surface area contributed by atoms with Gasteiger partial charge < -0.3 is 25.4 Å². The number of rotatable bonds is 6. The van der Waals surface area contributed by atoms with Gasteiger partial charge in [-0.2, -0.15) is 0 Å². The van der Waals surface area contributed by atoms with Crippen molar-refractivity contribution in [3.8, 4) is 5.75 Å². The van der Waals surface area contributed by atoms with E-state index in [0.29, 0.717) is 24.8 Å². The second-order valence-corrected chi connectivity index (χ2v) is 7.02. The van der Waals surface area contributed by atoms with E-state index in [9.17, 15) is 4.79 Å². The molecule has 0 radical (unpaired) electrons. The van der Waals surface area contributed by atoms with Crippen molar-refractivity contribution in [1.82, 2.24) is 4.90 Å². The maximum atomic E-state index is 12.0. The number of nitrogens with two attached hydrogens (primary N) is 1. The summed E-state index contributed by atoms with van der Waals surface area (Å²) in [4.78, 5) is 17.8. The molecule has 25 heavy (non-hydrogen) atoms. The van der Waals surface area contributed by atoms with Gasteiger partial charge in [0, 0.05) is 20.1 Å². The maximum absolute atomic E-state index is 12.0. The van der Waals surface area contributed by atoms with E-state index >= 15 is 0 Å². The molecule has 1 rings (SSSR count). The Morgan fingerprint density at radius 3 is 2.60 bits per heavy atom. The zero-order valence-corrected chi connectivity index (χ0v) is 16.0. The summed E-state index contributed by atoms with van der Waals surface area (Å²) in [5.74, 6) is 1.13. The molecule has 7 nitrogen and oxygen atoms in total. The van der Waals surface area contributed by atoms with Crippen LogP contribution in [0.5, 0.6) is 5.75 Å². The summed E-state index contributed by atoms with van der Waals surface area (Å²) in [5, 5.41) is 3.02. The van der Waals surface area contributed by atoms with Crippen LogP contribution in [0.2, 0.25) is 0 Å². The first-order valence-electron chi connectivity index (χ1n) is 8.26. The molecule has 1 aromatic carbocycles. The van der Waals surface area contributed by atoms with Crippen LogP contribution in [-0.4, -0.2) is 49.8 Å². The van der Waals surface area contributed by atoms with E-state index in [1.807, 2.05) is 52.0 Å². The number of methoxy groups -OCH3 is 1. The Labute approximate surface area is 150 Å². The summed E-state index contributed by atoms with van der Waals surface area (Å²) in [5.41, 5.74) is 6.18. The number of guanidine groups is 1. The zero-order chi connectivity index (χ0) is 19.0. The summed E-state index contributed by atoms with van der Waals surface area (Å²) < 4.78 is 10.6. The molecule has 7 heteroatoms. The number of para-hydroxylation sites is 2. The van der Waals surface area contributed by atoms with Crippen LogP contribution in [0.3, 0.4) is 0 Å². The number of amides is 1. The highest BCUT2D eigenvalue weighted by molar-refractivity contribution is 5.93. The van der Waals surface area contributed by atoms with Gasteiger partial charge in [-0.3, -0.25) is 4.99 Å². The van der Waals surface area contributed by atoms with Crippen LogP contribution in [0.15, 0.2) is 29.3 Å². The normalized spacial score (nSPS) is 13.1. The Kier molecular flexibility index (Phi) is 7.54. The fourth-order valence-electron chi connectivity index (χ4n) is 2.12. The lowest BCUT2D eigenvalue weighted by atomic mass is 10.2. The third-order valence-electron chi connectivity index (χ3n) is 3.23. The molecule has 1 amide bonds. The largest absolute Gasteiger partial charge is 0.495 e. The number of hydrogen-bond acceptors (Lipinski definition) is 4. The number of carbonyl (C=O) groups is 1. The van der Waals surface area contributed by atoms with Crippen LogP contribution in [-0.2, 0) is 4.74 Å². The van der Waals surface area contributed by atoms with Crippen LogP contribution < -0.4 is 15.8 Å². The highest BCUT2D eigenvalue weighted by Gasteiger charge is 2.20.